The van der Waals surface area contributed by atoms with Crippen molar-refractivity contribution in [2.45, 2.75) is 10.7 Å². The summed E-state index contributed by atoms with van der Waals surface area (Å²) in [5.74, 6) is 1.13. The molecule has 7 heteroatoms. The topological polar surface area (TPSA) is 76.7 Å². The zero-order valence-electron chi connectivity index (χ0n) is 9.56. The van der Waals surface area contributed by atoms with Crippen molar-refractivity contribution in [2.24, 2.45) is 0 Å². The first-order chi connectivity index (χ1) is 8.54. The number of rotatable bonds is 3. The number of anilines is 3. The van der Waals surface area contributed by atoms with Crippen LogP contribution in [-0.2, 0) is 0 Å². The van der Waals surface area contributed by atoms with E-state index in [4.69, 9.17) is 5.73 Å². The molecule has 0 saturated heterocycles. The van der Waals surface area contributed by atoms with Gasteiger partial charge in [-0.2, -0.15) is 15.0 Å². The number of nitrogens with zero attached hydrogens (tertiary/aromatic N) is 3. The second kappa shape index (κ2) is 5.62. The molecule has 0 fully saturated rings. The van der Waals surface area contributed by atoms with Crippen molar-refractivity contribution in [3.63, 3.8) is 0 Å². The van der Waals surface area contributed by atoms with Crippen molar-refractivity contribution in [3.05, 3.63) is 35.7 Å². The molecular formula is C11H11Br2N5. The van der Waals surface area contributed by atoms with Crippen molar-refractivity contribution in [1.82, 2.24) is 15.0 Å². The number of aromatic nitrogens is 3. The Balaban J connectivity index is 2.29. The minimum absolute atomic E-state index is 0.159. The lowest BCUT2D eigenvalue weighted by Gasteiger charge is -2.08. The predicted molar refractivity (Wildman–Crippen MR) is 79.3 cm³/mol. The van der Waals surface area contributed by atoms with Crippen molar-refractivity contribution < 1.29 is 0 Å². The smallest absolute Gasteiger partial charge is 0.232 e. The summed E-state index contributed by atoms with van der Waals surface area (Å²) in [7, 11) is 0. The number of nitrogens with one attached hydrogen (secondary N) is 1. The number of benzene rings is 1. The standard InChI is InChI=1S/C11H11Br2N5/c1-6-3-2-4-7(5-6)15-11-17-9(8(12)13)16-10(14)18-11/h2-5,8H,1H3,(H3,14,15,16,17,18). The molecule has 0 spiro atoms. The van der Waals surface area contributed by atoms with E-state index in [2.05, 4.69) is 52.1 Å². The molecule has 2 aromatic rings. The number of hydrogen-bond acceptors (Lipinski definition) is 5. The van der Waals surface area contributed by atoms with E-state index >= 15 is 0 Å². The zero-order valence-corrected chi connectivity index (χ0v) is 12.7. The first kappa shape index (κ1) is 13.2. The van der Waals surface area contributed by atoms with Crippen LogP contribution in [0.1, 0.15) is 15.1 Å². The Labute approximate surface area is 122 Å². The van der Waals surface area contributed by atoms with Crippen molar-refractivity contribution in [2.75, 3.05) is 11.1 Å². The summed E-state index contributed by atoms with van der Waals surface area (Å²) >= 11 is 6.66. The fourth-order valence-electron chi connectivity index (χ4n) is 1.41. The number of nitrogens with two attached hydrogens (primary N) is 1. The highest BCUT2D eigenvalue weighted by Gasteiger charge is 2.10. The quantitative estimate of drug-likeness (QED) is 0.808. The van der Waals surface area contributed by atoms with Gasteiger partial charge in [-0.3, -0.25) is 0 Å². The normalized spacial score (nSPS) is 10.7. The van der Waals surface area contributed by atoms with Crippen LogP contribution in [0.3, 0.4) is 0 Å². The maximum absolute atomic E-state index is 5.64. The molecule has 0 unspecified atom stereocenters. The third-order valence-corrected chi connectivity index (χ3v) is 2.96. The van der Waals surface area contributed by atoms with Crippen molar-refractivity contribution >= 4 is 49.4 Å². The molecular weight excluding hydrogens is 362 g/mol. The van der Waals surface area contributed by atoms with Gasteiger partial charge in [0.05, 0.1) is 0 Å². The van der Waals surface area contributed by atoms with E-state index in [0.29, 0.717) is 11.8 Å². The summed E-state index contributed by atoms with van der Waals surface area (Å²) in [5, 5.41) is 3.10. The second-order valence-corrected chi connectivity index (χ2v) is 6.73. The van der Waals surface area contributed by atoms with Crippen LogP contribution >= 0.6 is 31.9 Å². The Kier molecular flexibility index (Phi) is 4.13. The SMILES string of the molecule is Cc1cccc(Nc2nc(N)nc(C(Br)Br)n2)c1. The van der Waals surface area contributed by atoms with Gasteiger partial charge in [0.15, 0.2) is 5.82 Å². The minimum atomic E-state index is -0.159. The Morgan fingerprint density at radius 3 is 2.67 bits per heavy atom. The highest BCUT2D eigenvalue weighted by Crippen LogP contribution is 2.27. The van der Waals surface area contributed by atoms with Crippen LogP contribution in [0.4, 0.5) is 17.6 Å². The number of aryl methyl sites for hydroxylation is 1. The van der Waals surface area contributed by atoms with Gasteiger partial charge in [0.25, 0.3) is 0 Å². The number of halogens is 2. The third kappa shape index (κ3) is 3.39. The molecule has 0 atom stereocenters. The Bertz CT molecular complexity index is 559. The van der Waals surface area contributed by atoms with Crippen LogP contribution in [0.15, 0.2) is 24.3 Å². The van der Waals surface area contributed by atoms with Gasteiger partial charge in [-0.15, -0.1) is 0 Å². The van der Waals surface area contributed by atoms with Crippen LogP contribution in [-0.4, -0.2) is 15.0 Å². The molecule has 0 aliphatic heterocycles. The highest BCUT2D eigenvalue weighted by molar-refractivity contribution is 9.24. The Hall–Kier alpha value is -1.21. The second-order valence-electron chi connectivity index (χ2n) is 3.67. The molecule has 0 aliphatic rings. The van der Waals surface area contributed by atoms with Crippen LogP contribution in [0.5, 0.6) is 0 Å². The third-order valence-electron chi connectivity index (χ3n) is 2.14. The lowest BCUT2D eigenvalue weighted by atomic mass is 10.2. The van der Waals surface area contributed by atoms with Gasteiger partial charge in [0.1, 0.15) is 3.74 Å². The fourth-order valence-corrected chi connectivity index (χ4v) is 1.82. The van der Waals surface area contributed by atoms with E-state index in [0.717, 1.165) is 11.3 Å². The minimum Gasteiger partial charge on any atom is -0.368 e. The van der Waals surface area contributed by atoms with E-state index in [1.165, 1.54) is 0 Å². The highest BCUT2D eigenvalue weighted by atomic mass is 79.9. The zero-order chi connectivity index (χ0) is 13.1. The van der Waals surface area contributed by atoms with Crippen LogP contribution < -0.4 is 11.1 Å². The Morgan fingerprint density at radius 2 is 2.00 bits per heavy atom. The average molecular weight is 373 g/mol. The molecule has 0 aliphatic carbocycles. The molecule has 1 aromatic heterocycles. The predicted octanol–water partition coefficient (Wildman–Crippen LogP) is 3.29. The van der Waals surface area contributed by atoms with E-state index < -0.39 is 0 Å². The lowest BCUT2D eigenvalue weighted by molar-refractivity contribution is 0.984. The number of hydrogen-bond donors (Lipinski definition) is 2. The summed E-state index contributed by atoms with van der Waals surface area (Å²) in [6.45, 7) is 2.02. The monoisotopic (exact) mass is 371 g/mol. The van der Waals surface area contributed by atoms with Gasteiger partial charge >= 0.3 is 0 Å². The molecule has 0 amide bonds. The summed E-state index contributed by atoms with van der Waals surface area (Å²) in [4.78, 5) is 12.3. The molecule has 1 heterocycles. The largest absolute Gasteiger partial charge is 0.368 e. The van der Waals surface area contributed by atoms with Crippen LogP contribution in [0.25, 0.3) is 0 Å². The fraction of sp³-hybridized carbons (Fsp3) is 0.182. The molecule has 0 bridgehead atoms. The molecule has 2 rings (SSSR count). The average Bonchev–Trinajstić information content (AvgIpc) is 2.28. The van der Waals surface area contributed by atoms with Gasteiger partial charge < -0.3 is 11.1 Å². The van der Waals surface area contributed by atoms with Gasteiger partial charge in [0.2, 0.25) is 11.9 Å². The first-order valence-electron chi connectivity index (χ1n) is 5.18. The van der Waals surface area contributed by atoms with Gasteiger partial charge in [-0.05, 0) is 24.6 Å². The van der Waals surface area contributed by atoms with Gasteiger partial charge in [-0.1, -0.05) is 44.0 Å². The van der Waals surface area contributed by atoms with E-state index in [-0.39, 0.29) is 9.68 Å². The first-order valence-corrected chi connectivity index (χ1v) is 7.01. The van der Waals surface area contributed by atoms with Crippen molar-refractivity contribution in [3.8, 4) is 0 Å². The summed E-state index contributed by atoms with van der Waals surface area (Å²) in [6, 6.07) is 7.91. The Morgan fingerprint density at radius 1 is 1.22 bits per heavy atom. The molecule has 3 N–H and O–H groups in total. The maximum Gasteiger partial charge on any atom is 0.232 e. The molecule has 94 valence electrons. The van der Waals surface area contributed by atoms with Crippen LogP contribution in [0, 0.1) is 6.92 Å². The van der Waals surface area contributed by atoms with Gasteiger partial charge in [-0.25, -0.2) is 0 Å². The molecule has 5 nitrogen and oxygen atoms in total. The summed E-state index contributed by atoms with van der Waals surface area (Å²) in [5.41, 5.74) is 7.70. The van der Waals surface area contributed by atoms with Crippen molar-refractivity contribution in [1.29, 1.82) is 0 Å². The van der Waals surface area contributed by atoms with E-state index in [1.54, 1.807) is 0 Å². The molecule has 1 aromatic carbocycles. The summed E-state index contributed by atoms with van der Waals surface area (Å²) in [6.07, 6.45) is 0. The molecule has 18 heavy (non-hydrogen) atoms. The lowest BCUT2D eigenvalue weighted by Crippen LogP contribution is -2.06. The van der Waals surface area contributed by atoms with Crippen LogP contribution in [0.2, 0.25) is 0 Å². The number of alkyl halides is 2. The number of nitrogen functional groups attached to an aromatic ring is 1. The maximum atomic E-state index is 5.64. The summed E-state index contributed by atoms with van der Waals surface area (Å²) < 4.78 is -0.159. The van der Waals surface area contributed by atoms with E-state index in [9.17, 15) is 0 Å². The molecule has 0 radical (unpaired) electrons. The molecule has 0 saturated carbocycles. The van der Waals surface area contributed by atoms with E-state index in [1.807, 2.05) is 31.2 Å². The van der Waals surface area contributed by atoms with Gasteiger partial charge in [0, 0.05) is 5.69 Å².